The summed E-state index contributed by atoms with van der Waals surface area (Å²) in [4.78, 5) is 7.49. The van der Waals surface area contributed by atoms with Gasteiger partial charge < -0.3 is 32.1 Å². The van der Waals surface area contributed by atoms with Crippen LogP contribution in [0.1, 0.15) is 91.7 Å². The molecule has 4 atom stereocenters. The molecule has 5 aliphatic heterocycles. The Balaban J connectivity index is -0.0000000632. The first-order valence-corrected chi connectivity index (χ1v) is 13.1. The fraction of sp³-hybridized carbons (Fsp3) is 0.676. The van der Waals surface area contributed by atoms with Gasteiger partial charge in [0.1, 0.15) is 0 Å². The molecule has 5 aliphatic rings. The average molecular weight is 1050 g/mol. The van der Waals surface area contributed by atoms with Crippen LogP contribution in [0.2, 0.25) is 0 Å². The van der Waals surface area contributed by atoms with Crippen LogP contribution in [0, 0.1) is 27.7 Å². The zero-order valence-corrected chi connectivity index (χ0v) is 45.1. The third kappa shape index (κ3) is 20.3. The Hall–Kier alpha value is 5.46. The largest absolute Gasteiger partial charge is 0.358 e. The molecule has 0 spiro atoms. The van der Waals surface area contributed by atoms with E-state index in [1.165, 1.54) is 69.0 Å². The molecule has 6 radical (unpaired) electrons. The van der Waals surface area contributed by atoms with Crippen molar-refractivity contribution in [1.82, 2.24) is 14.7 Å². The van der Waals surface area contributed by atoms with Gasteiger partial charge in [-0.05, 0) is 96.0 Å². The van der Waals surface area contributed by atoms with Gasteiger partial charge in [0.15, 0.2) is 0 Å². The van der Waals surface area contributed by atoms with Crippen LogP contribution >= 0.6 is 0 Å². The number of likely N-dealkylation sites (N-methyl/N-ethyl adjacent to an activating group) is 2. The van der Waals surface area contributed by atoms with E-state index in [0.717, 1.165) is 30.7 Å². The van der Waals surface area contributed by atoms with E-state index in [0.29, 0.717) is 5.41 Å². The van der Waals surface area contributed by atoms with E-state index in [-0.39, 0.29) is 233 Å². The molecule has 0 aliphatic carbocycles. The summed E-state index contributed by atoms with van der Waals surface area (Å²) in [6.45, 7) is 9.43. The van der Waals surface area contributed by atoms with E-state index in [1.54, 1.807) is 5.57 Å². The van der Waals surface area contributed by atoms with Gasteiger partial charge in [-0.25, -0.2) is 0 Å². The van der Waals surface area contributed by atoms with Crippen LogP contribution in [0.25, 0.3) is 0 Å². The predicted molar refractivity (Wildman–Crippen MR) is 170 cm³/mol. The molecule has 4 bridgehead atoms. The second-order valence-corrected chi connectivity index (χ2v) is 12.1. The van der Waals surface area contributed by atoms with Gasteiger partial charge in [-0.1, -0.05) is 64.6 Å². The van der Waals surface area contributed by atoms with Crippen molar-refractivity contribution in [3.05, 3.63) is 69.3 Å². The molecule has 4 unspecified atom stereocenters. The molecule has 6 rings (SSSR count). The van der Waals surface area contributed by atoms with Gasteiger partial charge in [0, 0.05) is 234 Å². The first-order chi connectivity index (χ1) is 15.2. The Morgan fingerprint density at radius 3 is 1.63 bits per heavy atom. The molecule has 0 aromatic heterocycles. The quantitative estimate of drug-likeness (QED) is 0.191. The third-order valence-corrected chi connectivity index (χ3v) is 8.81. The molecular weight excluding hydrogens is 984 g/mol. The molecule has 0 amide bonds. The fourth-order valence-corrected chi connectivity index (χ4v) is 6.83. The van der Waals surface area contributed by atoms with E-state index in [4.69, 9.17) is 0 Å². The number of fused-ring (bicyclic) bond motifs is 5. The van der Waals surface area contributed by atoms with Crippen LogP contribution in [0.4, 0.5) is 0 Å². The standard InChI is InChI=1S/C10H19N.C10H13N.C9H15N.2CH4.3CH3.6Y/c1-10(2)6-8-4-5-9(7-10)11(8)3;1-11-7-6-9-4-2-3-5-10(9)8-11;1-7-5-8-3-4-9(6-7)10(8)2;;;;;;;;;;;/h8-9H,4-7H2,1-3H3;2-5H,6-8H2,1H3;5,8-9H,3-4,6H2,1-2H3;2*1H4;3*1H3;;;;;;/q;;;;;3*-1;;;;;;. The molecule has 3 fully saturated rings. The molecule has 5 heterocycles. The topological polar surface area (TPSA) is 9.72 Å². The summed E-state index contributed by atoms with van der Waals surface area (Å²) in [6.07, 6.45) is 13.5. The van der Waals surface area contributed by atoms with E-state index < -0.39 is 0 Å². The molecule has 1 aromatic rings. The molecule has 0 saturated carbocycles. The van der Waals surface area contributed by atoms with E-state index in [2.05, 4.69) is 87.0 Å². The summed E-state index contributed by atoms with van der Waals surface area (Å²) in [5, 5.41) is 0. The Morgan fingerprint density at radius 1 is 0.674 bits per heavy atom. The number of piperidine rings is 1. The van der Waals surface area contributed by atoms with Gasteiger partial charge in [0.2, 0.25) is 0 Å². The van der Waals surface area contributed by atoms with Crippen molar-refractivity contribution >= 4 is 0 Å². The van der Waals surface area contributed by atoms with Crippen molar-refractivity contribution in [2.45, 2.75) is 118 Å². The first kappa shape index (κ1) is 66.7. The Kier molecular flexibility index (Phi) is 49.8. The monoisotopic (exact) mass is 1050 g/mol. The van der Waals surface area contributed by atoms with Gasteiger partial charge in [-0.3, -0.25) is 4.90 Å². The average Bonchev–Trinajstić information content (AvgIpc) is 3.09. The number of nitrogens with zero attached hydrogens (tertiary/aromatic N) is 3. The minimum absolute atomic E-state index is 0. The van der Waals surface area contributed by atoms with Crippen LogP contribution in [0.15, 0.2) is 35.9 Å². The number of benzene rings is 1. The number of hydrogen-bond acceptors (Lipinski definition) is 3. The van der Waals surface area contributed by atoms with Crippen molar-refractivity contribution < 1.29 is 196 Å². The van der Waals surface area contributed by atoms with Crippen LogP contribution in [0.5, 0.6) is 0 Å². The first-order valence-electron chi connectivity index (χ1n) is 13.1. The van der Waals surface area contributed by atoms with Crippen LogP contribution in [-0.4, -0.2) is 66.6 Å². The smallest absolute Gasteiger partial charge is 0.0281 e. The molecule has 3 saturated heterocycles. The summed E-state index contributed by atoms with van der Waals surface area (Å²) in [7, 11) is 6.73. The number of rotatable bonds is 0. The number of hydrogen-bond donors (Lipinski definition) is 0. The van der Waals surface area contributed by atoms with Crippen LogP contribution in [-0.2, 0) is 209 Å². The second kappa shape index (κ2) is 32.1. The normalized spacial score (nSPS) is 24.8. The van der Waals surface area contributed by atoms with Crippen LogP contribution in [0.3, 0.4) is 0 Å². The van der Waals surface area contributed by atoms with Gasteiger partial charge in [-0.15, -0.1) is 0 Å². The van der Waals surface area contributed by atoms with Crippen molar-refractivity contribution in [2.75, 3.05) is 27.7 Å². The van der Waals surface area contributed by atoms with Gasteiger partial charge in [0.25, 0.3) is 0 Å². The van der Waals surface area contributed by atoms with Crippen molar-refractivity contribution in [3.63, 3.8) is 0 Å². The summed E-state index contributed by atoms with van der Waals surface area (Å²) < 4.78 is 0. The minimum Gasteiger partial charge on any atom is -0.358 e. The Labute approximate surface area is 423 Å². The maximum absolute atomic E-state index is 2.60. The van der Waals surface area contributed by atoms with E-state index >= 15 is 0 Å². The third-order valence-electron chi connectivity index (χ3n) is 8.81. The molecular formula is C34H64N3Y6-3. The zero-order chi connectivity index (χ0) is 22.9. The maximum atomic E-state index is 2.60. The Bertz CT molecular complexity index is 807. The molecule has 3 nitrogen and oxygen atoms in total. The predicted octanol–water partition coefficient (Wildman–Crippen LogP) is 8.35. The van der Waals surface area contributed by atoms with Crippen molar-refractivity contribution in [3.8, 4) is 0 Å². The molecule has 43 heavy (non-hydrogen) atoms. The minimum atomic E-state index is 0. The van der Waals surface area contributed by atoms with Gasteiger partial charge in [-0.2, -0.15) is 0 Å². The van der Waals surface area contributed by atoms with Crippen molar-refractivity contribution in [2.24, 2.45) is 5.41 Å². The zero-order valence-electron chi connectivity index (χ0n) is 28.1. The van der Waals surface area contributed by atoms with E-state index in [1.807, 2.05) is 0 Å². The van der Waals surface area contributed by atoms with Crippen molar-refractivity contribution in [1.29, 1.82) is 0 Å². The molecule has 1 aromatic carbocycles. The van der Waals surface area contributed by atoms with Gasteiger partial charge >= 0.3 is 0 Å². The fourth-order valence-electron chi connectivity index (χ4n) is 6.83. The Morgan fingerprint density at radius 2 is 1.14 bits per heavy atom. The molecule has 236 valence electrons. The SMILES string of the molecule is C.C.CC1=CC2CCC(C1)N2C.CN1C2CCC1CC(C)(C)C2.CN1CCc2ccccc2C1.[CH3-].[CH3-].[CH3-].[Y].[Y].[Y].[Y].[Y].[Y]. The second-order valence-electron chi connectivity index (χ2n) is 12.1. The summed E-state index contributed by atoms with van der Waals surface area (Å²) in [6, 6.07) is 12.2. The molecule has 9 heteroatoms. The summed E-state index contributed by atoms with van der Waals surface area (Å²) in [5.41, 5.74) is 5.26. The molecule has 0 N–H and O–H groups in total. The maximum Gasteiger partial charge on any atom is 0.0281 e. The van der Waals surface area contributed by atoms with Crippen LogP contribution < -0.4 is 0 Å². The van der Waals surface area contributed by atoms with Gasteiger partial charge in [0.05, 0.1) is 0 Å². The summed E-state index contributed by atoms with van der Waals surface area (Å²) in [5.74, 6) is 0. The summed E-state index contributed by atoms with van der Waals surface area (Å²) >= 11 is 0. The van der Waals surface area contributed by atoms with E-state index in [9.17, 15) is 0 Å².